The molecule has 0 aliphatic rings. The minimum Gasteiger partial charge on any atom is -0.486 e. The monoisotopic (exact) mass is 276 g/mol. The molecule has 0 amide bonds. The Labute approximate surface area is 118 Å². The number of para-hydroxylation sites is 1. The van der Waals surface area contributed by atoms with Crippen LogP contribution in [0.25, 0.3) is 0 Å². The number of nitrogens with two attached hydrogens (primary N) is 1. The summed E-state index contributed by atoms with van der Waals surface area (Å²) in [6.07, 6.45) is 0.981. The van der Waals surface area contributed by atoms with Gasteiger partial charge in [-0.1, -0.05) is 32.0 Å². The van der Waals surface area contributed by atoms with E-state index in [2.05, 4.69) is 18.8 Å². The van der Waals surface area contributed by atoms with E-state index < -0.39 is 0 Å². The highest BCUT2D eigenvalue weighted by molar-refractivity contribution is 7.11. The van der Waals surface area contributed by atoms with E-state index in [1.54, 1.807) is 11.3 Å². The summed E-state index contributed by atoms with van der Waals surface area (Å²) in [6, 6.07) is 9.81. The molecule has 0 atom stereocenters. The molecule has 1 aromatic carbocycles. The lowest BCUT2D eigenvalue weighted by atomic mass is 10.1. The predicted molar refractivity (Wildman–Crippen MR) is 79.3 cm³/mol. The normalized spacial score (nSPS) is 10.9. The molecule has 19 heavy (non-hydrogen) atoms. The van der Waals surface area contributed by atoms with E-state index in [1.165, 1.54) is 4.88 Å². The molecule has 0 spiro atoms. The molecule has 102 valence electrons. The van der Waals surface area contributed by atoms with Crippen LogP contribution in [0.2, 0.25) is 0 Å². The van der Waals surface area contributed by atoms with Crippen LogP contribution in [0, 0.1) is 5.92 Å². The van der Waals surface area contributed by atoms with Crippen LogP contribution in [0.3, 0.4) is 0 Å². The highest BCUT2D eigenvalue weighted by Crippen LogP contribution is 2.22. The van der Waals surface area contributed by atoms with Gasteiger partial charge in [0.05, 0.1) is 5.69 Å². The van der Waals surface area contributed by atoms with Gasteiger partial charge in [-0.2, -0.15) is 0 Å². The largest absolute Gasteiger partial charge is 0.486 e. The number of nitrogens with zero attached hydrogens (tertiary/aromatic N) is 1. The fourth-order valence-corrected chi connectivity index (χ4v) is 2.75. The molecule has 4 heteroatoms. The Morgan fingerprint density at radius 2 is 2.00 bits per heavy atom. The fourth-order valence-electron chi connectivity index (χ4n) is 1.87. The van der Waals surface area contributed by atoms with Gasteiger partial charge in [-0.05, 0) is 24.5 Å². The summed E-state index contributed by atoms with van der Waals surface area (Å²) in [4.78, 5) is 5.83. The second kappa shape index (κ2) is 6.68. The molecule has 3 nitrogen and oxygen atoms in total. The van der Waals surface area contributed by atoms with Crippen LogP contribution in [0.4, 0.5) is 0 Å². The molecule has 0 unspecified atom stereocenters. The average molecular weight is 276 g/mol. The lowest BCUT2D eigenvalue weighted by molar-refractivity contribution is 0.305. The summed E-state index contributed by atoms with van der Waals surface area (Å²) in [5, 5.41) is 1.000. The van der Waals surface area contributed by atoms with Crippen LogP contribution < -0.4 is 10.5 Å². The predicted octanol–water partition coefficient (Wildman–Crippen LogP) is 3.38. The van der Waals surface area contributed by atoms with Crippen molar-refractivity contribution in [3.63, 3.8) is 0 Å². The third kappa shape index (κ3) is 4.04. The van der Waals surface area contributed by atoms with Crippen molar-refractivity contribution in [3.05, 3.63) is 45.9 Å². The van der Waals surface area contributed by atoms with Crippen molar-refractivity contribution in [2.24, 2.45) is 11.7 Å². The van der Waals surface area contributed by atoms with Crippen molar-refractivity contribution in [2.45, 2.75) is 33.4 Å². The molecule has 0 saturated carbocycles. The summed E-state index contributed by atoms with van der Waals surface area (Å²) >= 11 is 1.66. The van der Waals surface area contributed by atoms with Gasteiger partial charge in [-0.15, -0.1) is 11.3 Å². The molecule has 0 radical (unpaired) electrons. The van der Waals surface area contributed by atoms with Gasteiger partial charge < -0.3 is 10.5 Å². The maximum Gasteiger partial charge on any atom is 0.140 e. The quantitative estimate of drug-likeness (QED) is 0.880. The number of rotatable bonds is 6. The number of hydrogen-bond acceptors (Lipinski definition) is 4. The van der Waals surface area contributed by atoms with Crippen LogP contribution in [-0.2, 0) is 19.6 Å². The third-order valence-corrected chi connectivity index (χ3v) is 3.81. The van der Waals surface area contributed by atoms with Gasteiger partial charge in [0.1, 0.15) is 17.4 Å². The van der Waals surface area contributed by atoms with Crippen molar-refractivity contribution in [1.29, 1.82) is 0 Å². The zero-order chi connectivity index (χ0) is 13.7. The zero-order valence-corrected chi connectivity index (χ0v) is 12.2. The summed E-state index contributed by atoms with van der Waals surface area (Å²) in [5.74, 6) is 1.47. The molecular formula is C15H20N2OS. The Bertz CT molecular complexity index is 508. The van der Waals surface area contributed by atoms with E-state index in [-0.39, 0.29) is 0 Å². The molecular weight excluding hydrogens is 256 g/mol. The third-order valence-electron chi connectivity index (χ3n) is 2.72. The van der Waals surface area contributed by atoms with Gasteiger partial charge in [0, 0.05) is 11.4 Å². The minimum absolute atomic E-state index is 0.514. The van der Waals surface area contributed by atoms with Crippen LogP contribution >= 0.6 is 11.3 Å². The topological polar surface area (TPSA) is 48.1 Å². The molecule has 0 aliphatic carbocycles. The molecule has 0 aliphatic heterocycles. The van der Waals surface area contributed by atoms with Gasteiger partial charge in [0.25, 0.3) is 0 Å². The van der Waals surface area contributed by atoms with E-state index in [1.807, 2.05) is 30.3 Å². The first-order valence-corrected chi connectivity index (χ1v) is 7.36. The minimum atomic E-state index is 0.514. The maximum absolute atomic E-state index is 5.78. The Morgan fingerprint density at radius 1 is 1.26 bits per heavy atom. The summed E-state index contributed by atoms with van der Waals surface area (Å²) in [5.41, 5.74) is 6.91. The van der Waals surface area contributed by atoms with Crippen LogP contribution in [0.1, 0.15) is 29.4 Å². The highest BCUT2D eigenvalue weighted by Gasteiger charge is 2.11. The zero-order valence-electron chi connectivity index (χ0n) is 11.4. The maximum atomic E-state index is 5.78. The standard InChI is InChI=1S/C15H20N2OS/c1-11(2)8-13-14(9-16)19-15(17-13)10-18-12-6-4-3-5-7-12/h3-7,11H,8-10,16H2,1-2H3. The molecule has 0 bridgehead atoms. The Morgan fingerprint density at radius 3 is 2.63 bits per heavy atom. The smallest absolute Gasteiger partial charge is 0.140 e. The van der Waals surface area contributed by atoms with Crippen LogP contribution in [0.5, 0.6) is 5.75 Å². The van der Waals surface area contributed by atoms with E-state index in [0.29, 0.717) is 19.1 Å². The average Bonchev–Trinajstić information content (AvgIpc) is 2.79. The summed E-state index contributed by atoms with van der Waals surface area (Å²) in [7, 11) is 0. The first-order valence-electron chi connectivity index (χ1n) is 6.54. The van der Waals surface area contributed by atoms with E-state index in [0.717, 1.165) is 22.9 Å². The second-order valence-electron chi connectivity index (χ2n) is 4.88. The molecule has 2 N–H and O–H groups in total. The lowest BCUT2D eigenvalue weighted by Crippen LogP contribution is -2.02. The van der Waals surface area contributed by atoms with Gasteiger partial charge >= 0.3 is 0 Å². The van der Waals surface area contributed by atoms with Crippen molar-refractivity contribution < 1.29 is 4.74 Å². The van der Waals surface area contributed by atoms with Crippen molar-refractivity contribution in [3.8, 4) is 5.75 Å². The lowest BCUT2D eigenvalue weighted by Gasteiger charge is -2.03. The van der Waals surface area contributed by atoms with E-state index >= 15 is 0 Å². The first-order chi connectivity index (χ1) is 9.19. The molecule has 1 aromatic heterocycles. The number of benzene rings is 1. The molecule has 1 heterocycles. The van der Waals surface area contributed by atoms with Gasteiger partial charge in [-0.25, -0.2) is 4.98 Å². The van der Waals surface area contributed by atoms with Gasteiger partial charge in [0.2, 0.25) is 0 Å². The summed E-state index contributed by atoms with van der Waals surface area (Å²) in [6.45, 7) is 5.46. The molecule has 2 aromatic rings. The van der Waals surface area contributed by atoms with Crippen molar-refractivity contribution in [2.75, 3.05) is 0 Å². The van der Waals surface area contributed by atoms with Crippen molar-refractivity contribution in [1.82, 2.24) is 4.98 Å². The molecule has 0 fully saturated rings. The number of ether oxygens (including phenoxy) is 1. The second-order valence-corrected chi connectivity index (χ2v) is 6.05. The van der Waals surface area contributed by atoms with Gasteiger partial charge in [0.15, 0.2) is 0 Å². The highest BCUT2D eigenvalue weighted by atomic mass is 32.1. The Balaban J connectivity index is 2.02. The number of aromatic nitrogens is 1. The first kappa shape index (κ1) is 14.0. The van der Waals surface area contributed by atoms with Crippen LogP contribution in [0.15, 0.2) is 30.3 Å². The molecule has 0 saturated heterocycles. The van der Waals surface area contributed by atoms with E-state index in [4.69, 9.17) is 10.5 Å². The number of thiazole rings is 1. The summed E-state index contributed by atoms with van der Waals surface area (Å²) < 4.78 is 5.72. The number of hydrogen-bond donors (Lipinski definition) is 1. The van der Waals surface area contributed by atoms with Crippen LogP contribution in [-0.4, -0.2) is 4.98 Å². The Kier molecular flexibility index (Phi) is 4.93. The molecule has 2 rings (SSSR count). The van der Waals surface area contributed by atoms with Crippen molar-refractivity contribution >= 4 is 11.3 Å². The Hall–Kier alpha value is -1.39. The fraction of sp³-hybridized carbons (Fsp3) is 0.400. The van der Waals surface area contributed by atoms with Gasteiger partial charge in [-0.3, -0.25) is 0 Å². The SMILES string of the molecule is CC(C)Cc1nc(COc2ccccc2)sc1CN. The van der Waals surface area contributed by atoms with E-state index in [9.17, 15) is 0 Å².